The van der Waals surface area contributed by atoms with Gasteiger partial charge in [-0.1, -0.05) is 16.7 Å². The van der Waals surface area contributed by atoms with Crippen LogP contribution >= 0.6 is 22.9 Å². The lowest BCUT2D eigenvalue weighted by Gasteiger charge is -2.12. The van der Waals surface area contributed by atoms with Gasteiger partial charge in [-0.3, -0.25) is 5.32 Å². The highest BCUT2D eigenvalue weighted by Gasteiger charge is 2.14. The zero-order chi connectivity index (χ0) is 16.8. The van der Waals surface area contributed by atoms with Gasteiger partial charge in [0.05, 0.1) is 31.5 Å². The van der Waals surface area contributed by atoms with E-state index in [-0.39, 0.29) is 0 Å². The smallest absolute Gasteiger partial charge is 0.325 e. The van der Waals surface area contributed by atoms with Crippen molar-refractivity contribution in [1.29, 1.82) is 0 Å². The Morgan fingerprint density at radius 2 is 1.96 bits per heavy atom. The normalized spacial score (nSPS) is 10.1. The Kier molecular flexibility index (Phi) is 5.83. The van der Waals surface area contributed by atoms with Crippen LogP contribution in [0.1, 0.15) is 6.92 Å². The van der Waals surface area contributed by atoms with E-state index >= 15 is 0 Å². The van der Waals surface area contributed by atoms with Crippen LogP contribution in [0.2, 0.25) is 5.02 Å². The first kappa shape index (κ1) is 17.1. The monoisotopic (exact) mass is 358 g/mol. The molecule has 8 nitrogen and oxygen atoms in total. The third-order valence-corrected chi connectivity index (χ3v) is 3.66. The number of hydrogen-bond acceptors (Lipinski definition) is 7. The molecule has 0 unspecified atom stereocenters. The molecule has 0 saturated carbocycles. The number of nitrogens with zero attached hydrogens (tertiary/aromatic N) is 2. The number of amides is 2. The molecule has 1 aromatic carbocycles. The number of halogens is 1. The van der Waals surface area contributed by atoms with Crippen molar-refractivity contribution >= 4 is 39.8 Å². The minimum Gasteiger partial charge on any atom is -0.495 e. The van der Waals surface area contributed by atoms with Crippen molar-refractivity contribution in [1.82, 2.24) is 10.2 Å². The first-order chi connectivity index (χ1) is 11.1. The van der Waals surface area contributed by atoms with Crippen LogP contribution in [-0.4, -0.2) is 37.1 Å². The molecule has 0 saturated heterocycles. The number of nitrogens with one attached hydrogen (secondary N) is 2. The number of benzene rings is 1. The van der Waals surface area contributed by atoms with Crippen molar-refractivity contribution < 1.29 is 19.0 Å². The average molecular weight is 359 g/mol. The number of ether oxygens (including phenoxy) is 3. The van der Waals surface area contributed by atoms with Crippen molar-refractivity contribution in [3.63, 3.8) is 0 Å². The SMILES string of the molecule is CCOc1nnc(NC(=O)Nc2cc(Cl)c(OC)cc2OC)s1. The Morgan fingerprint density at radius 3 is 2.61 bits per heavy atom. The minimum atomic E-state index is -0.510. The number of carbonyl (C=O) groups is 1. The highest BCUT2D eigenvalue weighted by molar-refractivity contribution is 7.17. The maximum atomic E-state index is 12.0. The minimum absolute atomic E-state index is 0.310. The molecule has 10 heteroatoms. The predicted molar refractivity (Wildman–Crippen MR) is 88.3 cm³/mol. The Balaban J connectivity index is 2.08. The van der Waals surface area contributed by atoms with Gasteiger partial charge in [-0.2, -0.15) is 0 Å². The highest BCUT2D eigenvalue weighted by atomic mass is 35.5. The Bertz CT molecular complexity index is 695. The van der Waals surface area contributed by atoms with E-state index in [2.05, 4.69) is 20.8 Å². The third kappa shape index (κ3) is 4.36. The molecule has 0 spiro atoms. The number of hydrogen-bond donors (Lipinski definition) is 2. The molecule has 0 atom stereocenters. The van der Waals surface area contributed by atoms with Gasteiger partial charge < -0.3 is 19.5 Å². The summed E-state index contributed by atoms with van der Waals surface area (Å²) in [6.07, 6.45) is 0. The van der Waals surface area contributed by atoms with Gasteiger partial charge in [-0.05, 0) is 24.3 Å². The Morgan fingerprint density at radius 1 is 1.22 bits per heavy atom. The largest absolute Gasteiger partial charge is 0.495 e. The van der Waals surface area contributed by atoms with Gasteiger partial charge in [0.25, 0.3) is 5.19 Å². The molecular formula is C13H15ClN4O4S. The number of anilines is 2. The summed E-state index contributed by atoms with van der Waals surface area (Å²) < 4.78 is 15.5. The lowest BCUT2D eigenvalue weighted by atomic mass is 10.2. The summed E-state index contributed by atoms with van der Waals surface area (Å²) >= 11 is 7.17. The van der Waals surface area contributed by atoms with Crippen LogP contribution in [0.4, 0.5) is 15.6 Å². The number of urea groups is 1. The van der Waals surface area contributed by atoms with E-state index in [1.807, 2.05) is 6.92 Å². The molecule has 2 aromatic rings. The van der Waals surface area contributed by atoms with E-state index in [9.17, 15) is 4.79 Å². The first-order valence-electron chi connectivity index (χ1n) is 6.53. The number of carbonyl (C=O) groups excluding carboxylic acids is 1. The lowest BCUT2D eigenvalue weighted by Crippen LogP contribution is -2.19. The van der Waals surface area contributed by atoms with Crippen LogP contribution in [-0.2, 0) is 0 Å². The summed E-state index contributed by atoms with van der Waals surface area (Å²) in [7, 11) is 2.97. The molecule has 0 aliphatic rings. The fourth-order valence-electron chi connectivity index (χ4n) is 1.65. The summed E-state index contributed by atoms with van der Waals surface area (Å²) in [6, 6.07) is 2.60. The quantitative estimate of drug-likeness (QED) is 0.823. The zero-order valence-electron chi connectivity index (χ0n) is 12.7. The van der Waals surface area contributed by atoms with E-state index < -0.39 is 6.03 Å². The number of aromatic nitrogens is 2. The van der Waals surface area contributed by atoms with Crippen molar-refractivity contribution in [2.24, 2.45) is 0 Å². The van der Waals surface area contributed by atoms with E-state index in [0.29, 0.717) is 39.1 Å². The molecule has 0 aliphatic carbocycles. The predicted octanol–water partition coefficient (Wildman–Crippen LogP) is 3.25. The summed E-state index contributed by atoms with van der Waals surface area (Å²) in [4.78, 5) is 12.0. The molecule has 1 aromatic heterocycles. The standard InChI is InChI=1S/C13H15ClN4O4S/c1-4-22-13-18-17-12(23-13)16-11(19)15-8-5-7(14)9(20-2)6-10(8)21-3/h5-6H,4H2,1-3H3,(H2,15,16,17,19). The second kappa shape index (κ2) is 7.84. The van der Waals surface area contributed by atoms with Crippen LogP contribution in [0, 0.1) is 0 Å². The molecule has 2 amide bonds. The number of methoxy groups -OCH3 is 2. The lowest BCUT2D eigenvalue weighted by molar-refractivity contribution is 0.262. The summed E-state index contributed by atoms with van der Waals surface area (Å²) in [5, 5.41) is 13.8. The molecule has 2 N–H and O–H groups in total. The molecule has 23 heavy (non-hydrogen) atoms. The average Bonchev–Trinajstić information content (AvgIpc) is 2.95. The van der Waals surface area contributed by atoms with Crippen LogP contribution in [0.25, 0.3) is 0 Å². The van der Waals surface area contributed by atoms with E-state index in [1.165, 1.54) is 20.3 Å². The van der Waals surface area contributed by atoms with Crippen molar-refractivity contribution in [2.75, 3.05) is 31.5 Å². The van der Waals surface area contributed by atoms with Gasteiger partial charge in [0.2, 0.25) is 5.13 Å². The van der Waals surface area contributed by atoms with Crippen molar-refractivity contribution in [2.45, 2.75) is 6.92 Å². The van der Waals surface area contributed by atoms with Crippen LogP contribution in [0.5, 0.6) is 16.7 Å². The van der Waals surface area contributed by atoms with Gasteiger partial charge >= 0.3 is 6.03 Å². The maximum Gasteiger partial charge on any atom is 0.325 e. The topological polar surface area (TPSA) is 94.6 Å². The van der Waals surface area contributed by atoms with E-state index in [0.717, 1.165) is 11.3 Å². The fraction of sp³-hybridized carbons (Fsp3) is 0.308. The summed E-state index contributed by atoms with van der Waals surface area (Å²) in [5.41, 5.74) is 0.394. The molecule has 0 bridgehead atoms. The summed E-state index contributed by atoms with van der Waals surface area (Å²) in [5.74, 6) is 0.855. The molecule has 0 fully saturated rings. The molecule has 0 aliphatic heterocycles. The van der Waals surface area contributed by atoms with Gasteiger partial charge in [0.1, 0.15) is 11.5 Å². The van der Waals surface area contributed by atoms with Gasteiger partial charge in [-0.25, -0.2) is 4.79 Å². The summed E-state index contributed by atoms with van der Waals surface area (Å²) in [6.45, 7) is 2.31. The van der Waals surface area contributed by atoms with Crippen LogP contribution < -0.4 is 24.8 Å². The first-order valence-corrected chi connectivity index (χ1v) is 7.72. The third-order valence-electron chi connectivity index (χ3n) is 2.62. The molecular weight excluding hydrogens is 344 g/mol. The second-order valence-electron chi connectivity index (χ2n) is 4.07. The van der Waals surface area contributed by atoms with Crippen molar-refractivity contribution in [3.8, 4) is 16.7 Å². The Labute approximate surface area is 141 Å². The second-order valence-corrected chi connectivity index (χ2v) is 5.42. The Hall–Kier alpha value is -2.26. The highest BCUT2D eigenvalue weighted by Crippen LogP contribution is 2.36. The van der Waals surface area contributed by atoms with E-state index in [1.54, 1.807) is 6.07 Å². The molecule has 1 heterocycles. The van der Waals surface area contributed by atoms with Gasteiger partial charge in [0.15, 0.2) is 0 Å². The van der Waals surface area contributed by atoms with Crippen molar-refractivity contribution in [3.05, 3.63) is 17.2 Å². The van der Waals surface area contributed by atoms with E-state index in [4.69, 9.17) is 25.8 Å². The molecule has 124 valence electrons. The molecule has 2 rings (SSSR count). The van der Waals surface area contributed by atoms with Gasteiger partial charge in [0, 0.05) is 6.07 Å². The van der Waals surface area contributed by atoms with Crippen LogP contribution in [0.15, 0.2) is 12.1 Å². The zero-order valence-corrected chi connectivity index (χ0v) is 14.2. The van der Waals surface area contributed by atoms with Gasteiger partial charge in [-0.15, -0.1) is 5.10 Å². The van der Waals surface area contributed by atoms with Crippen LogP contribution in [0.3, 0.4) is 0 Å². The molecule has 0 radical (unpaired) electrons. The fourth-order valence-corrected chi connectivity index (χ4v) is 2.54. The number of rotatable bonds is 6. The maximum absolute atomic E-state index is 12.0.